The predicted molar refractivity (Wildman–Crippen MR) is 102 cm³/mol. The van der Waals surface area contributed by atoms with Crippen molar-refractivity contribution in [3.8, 4) is 0 Å². The number of carboxylic acid groups (broad SMARTS) is 1. The van der Waals surface area contributed by atoms with E-state index in [4.69, 9.17) is 17.1 Å². The summed E-state index contributed by atoms with van der Waals surface area (Å²) in [5.41, 5.74) is 0.453. The molecule has 3 aromatic rings. The maximum atomic E-state index is 11.6. The van der Waals surface area contributed by atoms with E-state index in [9.17, 15) is 9.90 Å². The van der Waals surface area contributed by atoms with Crippen LogP contribution in [-0.4, -0.2) is 54.3 Å². The second-order valence-electron chi connectivity index (χ2n) is 6.81. The summed E-state index contributed by atoms with van der Waals surface area (Å²) in [6.45, 7) is -4.56. The van der Waals surface area contributed by atoms with Gasteiger partial charge in [-0.3, -0.25) is 9.48 Å². The number of nitrogens with zero attached hydrogens (tertiary/aromatic N) is 5. The summed E-state index contributed by atoms with van der Waals surface area (Å²) >= 11 is 6.01. The minimum atomic E-state index is -2.46. The third kappa shape index (κ3) is 3.76. The number of aliphatic carboxylic acids is 1. The molecule has 0 aromatic carbocycles. The number of hydrogen-bond donors (Lipinski definition) is 2. The number of rotatable bonds is 4. The van der Waals surface area contributed by atoms with Gasteiger partial charge in [0.25, 0.3) is 0 Å². The van der Waals surface area contributed by atoms with Gasteiger partial charge < -0.3 is 20.5 Å². The maximum absolute atomic E-state index is 11.6. The first-order valence-corrected chi connectivity index (χ1v) is 9.03. The van der Waals surface area contributed by atoms with Gasteiger partial charge in [0, 0.05) is 21.9 Å². The Bertz CT molecular complexity index is 1200. The summed E-state index contributed by atoms with van der Waals surface area (Å²) in [4.78, 5) is 24.6. The van der Waals surface area contributed by atoms with Crippen molar-refractivity contribution in [2.75, 3.05) is 17.9 Å². The summed E-state index contributed by atoms with van der Waals surface area (Å²) in [6.07, 6.45) is 4.68. The van der Waals surface area contributed by atoms with Crippen LogP contribution in [0.3, 0.4) is 0 Å². The largest absolute Gasteiger partial charge is 1.00 e. The maximum Gasteiger partial charge on any atom is 1.00 e. The van der Waals surface area contributed by atoms with Crippen molar-refractivity contribution in [3.63, 3.8) is 0 Å². The van der Waals surface area contributed by atoms with E-state index in [2.05, 4.69) is 20.1 Å². The van der Waals surface area contributed by atoms with Crippen LogP contribution in [-0.2, 0) is 10.3 Å². The SMILES string of the molecule is [2H]C1([2H])CCC(C(=O)O)C([2H])([2H])N1c1ccc2[nH]c(C3(n4cc(Cl)cn4)CC3)nc2n1.[Li+].[OH-]. The van der Waals surface area contributed by atoms with Gasteiger partial charge in [-0.05, 0) is 37.8 Å². The van der Waals surface area contributed by atoms with E-state index >= 15 is 0 Å². The van der Waals surface area contributed by atoms with E-state index in [1.54, 1.807) is 23.1 Å². The summed E-state index contributed by atoms with van der Waals surface area (Å²) < 4.78 is 35.1. The minimum absolute atomic E-state index is 0. The fraction of sp³-hybridized carbons (Fsp3) is 0.444. The van der Waals surface area contributed by atoms with Crippen molar-refractivity contribution < 1.29 is 39.7 Å². The third-order valence-corrected chi connectivity index (χ3v) is 5.20. The molecule has 3 aromatic heterocycles. The molecular formula is C18H20ClLiN6O3. The summed E-state index contributed by atoms with van der Waals surface area (Å²) in [7, 11) is 0. The van der Waals surface area contributed by atoms with Crippen LogP contribution in [0.4, 0.5) is 5.82 Å². The van der Waals surface area contributed by atoms with Crippen molar-refractivity contribution in [2.45, 2.75) is 31.2 Å². The molecule has 1 aliphatic carbocycles. The van der Waals surface area contributed by atoms with Gasteiger partial charge in [0.05, 0.1) is 25.4 Å². The van der Waals surface area contributed by atoms with Crippen LogP contribution in [0.2, 0.25) is 5.02 Å². The van der Waals surface area contributed by atoms with Gasteiger partial charge >= 0.3 is 24.8 Å². The number of aromatic nitrogens is 5. The number of hydrogen-bond acceptors (Lipinski definition) is 6. The summed E-state index contributed by atoms with van der Waals surface area (Å²) in [5.74, 6) is -2.04. The fourth-order valence-corrected chi connectivity index (χ4v) is 3.50. The van der Waals surface area contributed by atoms with Gasteiger partial charge in [-0.25, -0.2) is 9.97 Å². The van der Waals surface area contributed by atoms with Crippen LogP contribution >= 0.6 is 11.6 Å². The molecule has 9 nitrogen and oxygen atoms in total. The normalized spacial score (nSPS) is 25.6. The zero-order valence-electron chi connectivity index (χ0n) is 19.6. The van der Waals surface area contributed by atoms with E-state index < -0.39 is 30.4 Å². The Labute approximate surface area is 189 Å². The molecule has 5 rings (SSSR count). The van der Waals surface area contributed by atoms with E-state index in [1.165, 1.54) is 6.07 Å². The quantitative estimate of drug-likeness (QED) is 0.549. The number of piperidine rings is 1. The van der Waals surface area contributed by atoms with Crippen LogP contribution in [0.15, 0.2) is 24.5 Å². The second-order valence-corrected chi connectivity index (χ2v) is 7.25. The van der Waals surface area contributed by atoms with Crippen LogP contribution < -0.4 is 23.8 Å². The number of aromatic amines is 1. The Balaban J connectivity index is 0.00000153. The molecule has 0 amide bonds. The first-order chi connectivity index (χ1) is 14.5. The number of halogens is 1. The Morgan fingerprint density at radius 2 is 2.17 bits per heavy atom. The number of imidazole rings is 1. The number of fused-ring (bicyclic) bond motifs is 1. The first-order valence-electron chi connectivity index (χ1n) is 10.7. The molecule has 1 aliphatic heterocycles. The molecule has 4 heterocycles. The average molecular weight is 415 g/mol. The van der Waals surface area contributed by atoms with Gasteiger partial charge in [0.2, 0.25) is 0 Å². The van der Waals surface area contributed by atoms with Gasteiger partial charge in [0.15, 0.2) is 5.65 Å². The van der Waals surface area contributed by atoms with Crippen molar-refractivity contribution in [1.82, 2.24) is 24.7 Å². The van der Waals surface area contributed by atoms with Crippen molar-refractivity contribution >= 4 is 34.6 Å². The van der Waals surface area contributed by atoms with Gasteiger partial charge in [-0.2, -0.15) is 5.10 Å². The molecule has 3 N–H and O–H groups in total. The molecule has 29 heavy (non-hydrogen) atoms. The van der Waals surface area contributed by atoms with Crippen LogP contribution in [0, 0.1) is 5.92 Å². The number of anilines is 1. The van der Waals surface area contributed by atoms with E-state index in [0.717, 1.165) is 17.7 Å². The molecule has 0 spiro atoms. The third-order valence-electron chi connectivity index (χ3n) is 5.00. The Kier molecular flexibility index (Phi) is 4.61. The monoisotopic (exact) mass is 414 g/mol. The number of carbonyl (C=O) groups is 1. The zero-order chi connectivity index (χ0) is 22.2. The van der Waals surface area contributed by atoms with Crippen molar-refractivity contribution in [1.29, 1.82) is 0 Å². The average Bonchev–Trinajstić information content (AvgIpc) is 3.16. The molecule has 1 saturated carbocycles. The summed E-state index contributed by atoms with van der Waals surface area (Å²) in [5, 5.41) is 14.3. The second kappa shape index (κ2) is 7.99. The molecule has 2 fully saturated rings. The Morgan fingerprint density at radius 3 is 2.83 bits per heavy atom. The standard InChI is InChI=1S/C18H19ClN6O2.Li.H2O/c19-12-8-20-25(10-12)18(5-6-18)17-21-13-3-4-14(22-15(13)23-17)24-7-1-2-11(9-24)16(26)27;;/h3-4,8,10-11H,1-2,5-7,9H2,(H,26,27)(H,21,22,23);;1H2/q;+1;/p-1/i7D2,9D2;;. The van der Waals surface area contributed by atoms with Crippen LogP contribution in [0.1, 0.15) is 37.0 Å². The molecule has 1 unspecified atom stereocenters. The molecule has 1 atom stereocenters. The molecule has 148 valence electrons. The zero-order valence-corrected chi connectivity index (χ0v) is 16.4. The van der Waals surface area contributed by atoms with Gasteiger partial charge in [-0.15, -0.1) is 0 Å². The van der Waals surface area contributed by atoms with Crippen molar-refractivity contribution in [2.24, 2.45) is 5.92 Å². The van der Waals surface area contributed by atoms with Crippen LogP contribution in [0.25, 0.3) is 11.2 Å². The molecule has 2 aliphatic rings. The van der Waals surface area contributed by atoms with Crippen LogP contribution in [0.5, 0.6) is 0 Å². The molecule has 0 radical (unpaired) electrons. The van der Waals surface area contributed by atoms with Gasteiger partial charge in [-0.1, -0.05) is 11.6 Å². The number of H-pyrrole nitrogens is 1. The van der Waals surface area contributed by atoms with Gasteiger partial charge in [0.1, 0.15) is 17.2 Å². The fourth-order valence-electron chi connectivity index (χ4n) is 3.37. The molecular weight excluding hydrogens is 391 g/mol. The predicted octanol–water partition coefficient (Wildman–Crippen LogP) is -0.527. The molecule has 1 saturated heterocycles. The number of pyridine rings is 1. The number of carboxylic acids is 1. The van der Waals surface area contributed by atoms with E-state index in [1.807, 2.05) is 0 Å². The minimum Gasteiger partial charge on any atom is -0.870 e. The number of nitrogens with one attached hydrogen (secondary N) is 1. The smallest absolute Gasteiger partial charge is 0.870 e. The topological polar surface area (TPSA) is 130 Å². The van der Waals surface area contributed by atoms with E-state index in [0.29, 0.717) is 22.0 Å². The van der Waals surface area contributed by atoms with Crippen molar-refractivity contribution in [3.05, 3.63) is 35.4 Å². The molecule has 0 bridgehead atoms. The first kappa shape index (κ1) is 16.7. The Morgan fingerprint density at radius 1 is 1.38 bits per heavy atom. The Hall–Kier alpha value is -2.05. The summed E-state index contributed by atoms with van der Waals surface area (Å²) in [6, 6.07) is 3.13. The van der Waals surface area contributed by atoms with E-state index in [-0.39, 0.29) is 43.0 Å². The molecule has 11 heteroatoms.